The highest BCUT2D eigenvalue weighted by molar-refractivity contribution is 5.83. The Labute approximate surface area is 137 Å². The second-order valence-electron chi connectivity index (χ2n) is 5.95. The molecule has 0 fully saturated rings. The lowest BCUT2D eigenvalue weighted by Crippen LogP contribution is -2.49. The van der Waals surface area contributed by atoms with E-state index in [4.69, 9.17) is 9.47 Å². The van der Waals surface area contributed by atoms with E-state index in [1.807, 2.05) is 31.2 Å². The lowest BCUT2D eigenvalue weighted by molar-refractivity contribution is -0.127. The summed E-state index contributed by atoms with van der Waals surface area (Å²) >= 11 is 0. The molecule has 124 valence electrons. The van der Waals surface area contributed by atoms with Gasteiger partial charge in [-0.1, -0.05) is 25.1 Å². The highest BCUT2D eigenvalue weighted by Crippen LogP contribution is 2.33. The number of carbonyl (C=O) groups excluding carboxylic acids is 1. The first-order valence-electron chi connectivity index (χ1n) is 8.32. The average Bonchev–Trinajstić information content (AvgIpc) is 2.60. The zero-order chi connectivity index (χ0) is 16.1. The number of anilines is 1. The van der Waals surface area contributed by atoms with Crippen LogP contribution in [0.25, 0.3) is 0 Å². The first-order chi connectivity index (χ1) is 11.3. The summed E-state index contributed by atoms with van der Waals surface area (Å²) in [7, 11) is 0. The highest BCUT2D eigenvalue weighted by Gasteiger charge is 2.30. The van der Waals surface area contributed by atoms with E-state index in [2.05, 4.69) is 16.3 Å². The Bertz CT molecular complexity index is 585. The molecule has 23 heavy (non-hydrogen) atoms. The van der Waals surface area contributed by atoms with Crippen molar-refractivity contribution in [3.63, 3.8) is 0 Å². The van der Waals surface area contributed by atoms with Gasteiger partial charge in [-0.3, -0.25) is 4.79 Å². The van der Waals surface area contributed by atoms with Gasteiger partial charge in [0.1, 0.15) is 5.75 Å². The Morgan fingerprint density at radius 3 is 3.04 bits per heavy atom. The molecule has 0 unspecified atom stereocenters. The summed E-state index contributed by atoms with van der Waals surface area (Å²) in [6.45, 7) is 5.53. The van der Waals surface area contributed by atoms with Crippen LogP contribution < -0.4 is 15.0 Å². The fourth-order valence-electron chi connectivity index (χ4n) is 2.92. The largest absolute Gasteiger partial charge is 0.477 e. The topological polar surface area (TPSA) is 50.8 Å². The Kier molecular flexibility index (Phi) is 5.18. The van der Waals surface area contributed by atoms with Gasteiger partial charge in [-0.15, -0.1) is 0 Å². The molecule has 1 N–H and O–H groups in total. The van der Waals surface area contributed by atoms with Gasteiger partial charge in [0.2, 0.25) is 0 Å². The number of nitrogens with zero attached hydrogens (tertiary/aromatic N) is 1. The van der Waals surface area contributed by atoms with Gasteiger partial charge >= 0.3 is 0 Å². The van der Waals surface area contributed by atoms with E-state index in [0.29, 0.717) is 19.7 Å². The smallest absolute Gasteiger partial charge is 0.262 e. The zero-order valence-electron chi connectivity index (χ0n) is 13.6. The molecule has 2 aliphatic rings. The summed E-state index contributed by atoms with van der Waals surface area (Å²) in [5.74, 6) is 0.730. The summed E-state index contributed by atoms with van der Waals surface area (Å²) in [6.07, 6.45) is 3.65. The van der Waals surface area contributed by atoms with Gasteiger partial charge in [0.25, 0.3) is 5.91 Å². The minimum absolute atomic E-state index is 0.0415. The van der Waals surface area contributed by atoms with E-state index in [-0.39, 0.29) is 5.91 Å². The van der Waals surface area contributed by atoms with Gasteiger partial charge in [-0.2, -0.15) is 0 Å². The van der Waals surface area contributed by atoms with Gasteiger partial charge < -0.3 is 19.7 Å². The minimum atomic E-state index is -0.471. The van der Waals surface area contributed by atoms with Crippen molar-refractivity contribution in [1.29, 1.82) is 0 Å². The van der Waals surface area contributed by atoms with E-state index < -0.39 is 6.10 Å². The van der Waals surface area contributed by atoms with E-state index in [9.17, 15) is 4.79 Å². The molecular weight excluding hydrogens is 292 g/mol. The number of fused-ring (bicyclic) bond motifs is 1. The van der Waals surface area contributed by atoms with Gasteiger partial charge in [-0.05, 0) is 30.5 Å². The minimum Gasteiger partial charge on any atom is -0.477 e. The number of hydrogen-bond donors (Lipinski definition) is 1. The van der Waals surface area contributed by atoms with Crippen LogP contribution in [0.1, 0.15) is 19.8 Å². The Morgan fingerprint density at radius 1 is 1.39 bits per heavy atom. The molecule has 0 saturated carbocycles. The first kappa shape index (κ1) is 15.9. The normalized spacial score (nSPS) is 20.3. The number of amides is 1. The second-order valence-corrected chi connectivity index (χ2v) is 5.95. The van der Waals surface area contributed by atoms with Crippen LogP contribution in [0.5, 0.6) is 5.75 Å². The third kappa shape index (κ3) is 3.85. The SMILES string of the molecule is CCCNC(=O)[C@H]1CN(CC2=CCCOC2)c2ccccc2O1. The summed E-state index contributed by atoms with van der Waals surface area (Å²) in [5.41, 5.74) is 2.30. The van der Waals surface area contributed by atoms with E-state index in [0.717, 1.165) is 37.4 Å². The summed E-state index contributed by atoms with van der Waals surface area (Å²) in [5, 5.41) is 2.93. The number of ether oxygens (including phenoxy) is 2. The molecule has 3 rings (SSSR count). The van der Waals surface area contributed by atoms with Crippen LogP contribution in [0.15, 0.2) is 35.9 Å². The molecule has 0 saturated heterocycles. The van der Waals surface area contributed by atoms with Crippen molar-refractivity contribution in [2.75, 3.05) is 37.7 Å². The summed E-state index contributed by atoms with van der Waals surface area (Å²) in [6, 6.07) is 7.90. The molecular formula is C18H24N2O3. The van der Waals surface area contributed by atoms with Crippen molar-refractivity contribution >= 4 is 11.6 Å². The highest BCUT2D eigenvalue weighted by atomic mass is 16.5. The monoisotopic (exact) mass is 316 g/mol. The molecule has 1 aromatic carbocycles. The third-order valence-corrected chi connectivity index (χ3v) is 4.08. The van der Waals surface area contributed by atoms with Crippen molar-refractivity contribution in [3.05, 3.63) is 35.9 Å². The first-order valence-corrected chi connectivity index (χ1v) is 8.32. The maximum atomic E-state index is 12.3. The van der Waals surface area contributed by atoms with E-state index >= 15 is 0 Å². The molecule has 5 nitrogen and oxygen atoms in total. The van der Waals surface area contributed by atoms with Gasteiger partial charge in [0.15, 0.2) is 6.10 Å². The maximum absolute atomic E-state index is 12.3. The molecule has 1 atom stereocenters. The second kappa shape index (κ2) is 7.51. The lowest BCUT2D eigenvalue weighted by Gasteiger charge is -2.36. The summed E-state index contributed by atoms with van der Waals surface area (Å²) < 4.78 is 11.4. The zero-order valence-corrected chi connectivity index (χ0v) is 13.6. The molecule has 0 aliphatic carbocycles. The van der Waals surface area contributed by atoms with E-state index in [1.54, 1.807) is 0 Å². The van der Waals surface area contributed by atoms with Gasteiger partial charge in [0.05, 0.1) is 25.4 Å². The van der Waals surface area contributed by atoms with Crippen LogP contribution in [0, 0.1) is 0 Å². The summed E-state index contributed by atoms with van der Waals surface area (Å²) in [4.78, 5) is 14.5. The van der Waals surface area contributed by atoms with Gasteiger partial charge in [0, 0.05) is 13.1 Å². The standard InChI is InChI=1S/C18H24N2O3/c1-2-9-19-18(21)17-12-20(11-14-6-5-10-22-13-14)15-7-3-4-8-16(15)23-17/h3-4,6-8,17H,2,5,9-13H2,1H3,(H,19,21)/t17-/m1/s1. The molecule has 0 radical (unpaired) electrons. The Balaban J connectivity index is 1.76. The number of benzene rings is 1. The number of nitrogens with one attached hydrogen (secondary N) is 1. The number of para-hydroxylation sites is 2. The third-order valence-electron chi connectivity index (χ3n) is 4.08. The Hall–Kier alpha value is -2.01. The fraction of sp³-hybridized carbons (Fsp3) is 0.500. The van der Waals surface area contributed by atoms with Crippen LogP contribution in [0.4, 0.5) is 5.69 Å². The van der Waals surface area contributed by atoms with Gasteiger partial charge in [-0.25, -0.2) is 0 Å². The van der Waals surface area contributed by atoms with E-state index in [1.165, 1.54) is 5.57 Å². The van der Waals surface area contributed by atoms with Crippen molar-refractivity contribution < 1.29 is 14.3 Å². The van der Waals surface area contributed by atoms with Crippen LogP contribution in [0.2, 0.25) is 0 Å². The maximum Gasteiger partial charge on any atom is 0.262 e. The quantitative estimate of drug-likeness (QED) is 0.846. The molecule has 0 bridgehead atoms. The number of hydrogen-bond acceptors (Lipinski definition) is 4. The number of rotatable bonds is 5. The van der Waals surface area contributed by atoms with Crippen molar-refractivity contribution in [2.24, 2.45) is 0 Å². The predicted molar refractivity (Wildman–Crippen MR) is 89.9 cm³/mol. The molecule has 2 aliphatic heterocycles. The van der Waals surface area contributed by atoms with Crippen LogP contribution in [-0.4, -0.2) is 44.9 Å². The van der Waals surface area contributed by atoms with Crippen molar-refractivity contribution in [2.45, 2.75) is 25.9 Å². The molecule has 0 aromatic heterocycles. The van der Waals surface area contributed by atoms with Crippen LogP contribution in [0.3, 0.4) is 0 Å². The predicted octanol–water partition coefficient (Wildman–Crippen LogP) is 2.13. The van der Waals surface area contributed by atoms with Crippen molar-refractivity contribution in [1.82, 2.24) is 5.32 Å². The lowest BCUT2D eigenvalue weighted by atomic mass is 10.1. The van der Waals surface area contributed by atoms with Crippen LogP contribution >= 0.6 is 0 Å². The molecule has 1 amide bonds. The number of carbonyl (C=O) groups is 1. The average molecular weight is 316 g/mol. The molecule has 1 aromatic rings. The molecule has 5 heteroatoms. The fourth-order valence-corrected chi connectivity index (χ4v) is 2.92. The Morgan fingerprint density at radius 2 is 2.26 bits per heavy atom. The van der Waals surface area contributed by atoms with Crippen LogP contribution in [-0.2, 0) is 9.53 Å². The van der Waals surface area contributed by atoms with Crippen molar-refractivity contribution in [3.8, 4) is 5.75 Å². The molecule has 2 heterocycles. The molecule has 0 spiro atoms.